The van der Waals surface area contributed by atoms with Crippen molar-refractivity contribution in [2.75, 3.05) is 5.23 Å². The minimum Gasteiger partial charge on any atom is -0.769 e. The average Bonchev–Trinajstić information content (AvgIpc) is 3.17. The van der Waals surface area contributed by atoms with E-state index in [1.807, 2.05) is 0 Å². The molecule has 0 saturated heterocycles. The van der Waals surface area contributed by atoms with Crippen LogP contribution in [0.25, 0.3) is 0 Å². The molecular weight excluding hydrogens is 313 g/mol. The van der Waals surface area contributed by atoms with E-state index in [-0.39, 0.29) is 30.1 Å². The van der Waals surface area contributed by atoms with Crippen molar-refractivity contribution in [1.82, 2.24) is 5.32 Å². The van der Waals surface area contributed by atoms with E-state index >= 15 is 0 Å². The minimum absolute atomic E-state index is 0.0796. The molecule has 9 heteroatoms. The lowest BCUT2D eigenvalue weighted by Crippen LogP contribution is -2.40. The van der Waals surface area contributed by atoms with Crippen LogP contribution < -0.4 is 10.5 Å². The van der Waals surface area contributed by atoms with Crippen LogP contribution in [0.2, 0.25) is 5.02 Å². The molecule has 1 aliphatic carbocycles. The van der Waals surface area contributed by atoms with E-state index < -0.39 is 22.7 Å². The zero-order valence-corrected chi connectivity index (χ0v) is 11.3. The summed E-state index contributed by atoms with van der Waals surface area (Å²) in [5.41, 5.74) is -2.36. The summed E-state index contributed by atoms with van der Waals surface area (Å²) in [5, 5.41) is 22.8. The summed E-state index contributed by atoms with van der Waals surface area (Å²) in [6.07, 6.45) is -5.05. The molecule has 0 radical (unpaired) electrons. The van der Waals surface area contributed by atoms with Crippen molar-refractivity contribution < 1.29 is 18.0 Å². The molecule has 1 saturated carbocycles. The standard InChI is InChI=1S/C12H10ClF3N2O3/c13-8-2-1-7(5-9(8)18(20)21)6-17-10(19)11(3-4-11)12(14,15)16/h1-2,5H,3-4,6H2,(H,17,19)/q-2. The molecule has 1 amide bonds. The Kier molecular flexibility index (Phi) is 4.05. The van der Waals surface area contributed by atoms with Gasteiger partial charge in [-0.1, -0.05) is 17.7 Å². The first-order valence-electron chi connectivity index (χ1n) is 5.95. The summed E-state index contributed by atoms with van der Waals surface area (Å²) < 4.78 is 38.2. The highest BCUT2D eigenvalue weighted by Crippen LogP contribution is 2.57. The van der Waals surface area contributed by atoms with Crippen molar-refractivity contribution in [3.05, 3.63) is 39.2 Å². The molecule has 1 aromatic rings. The largest absolute Gasteiger partial charge is 0.769 e. The lowest BCUT2D eigenvalue weighted by Gasteiger charge is -2.38. The first-order valence-corrected chi connectivity index (χ1v) is 6.33. The van der Waals surface area contributed by atoms with Crippen molar-refractivity contribution in [3.63, 3.8) is 0 Å². The Labute approximate surface area is 122 Å². The minimum atomic E-state index is -4.58. The van der Waals surface area contributed by atoms with E-state index in [0.29, 0.717) is 5.56 Å². The zero-order valence-electron chi connectivity index (χ0n) is 10.5. The Morgan fingerprint density at radius 1 is 1.38 bits per heavy atom. The SMILES string of the molecule is O=C(NCc1ccc(Cl)c(N([O-])[O-])c1)C1(C(F)(F)F)CC1. The summed E-state index contributed by atoms with van der Waals surface area (Å²) in [5.74, 6) is -1.10. The normalized spacial score (nSPS) is 16.5. The highest BCUT2D eigenvalue weighted by molar-refractivity contribution is 6.33. The number of anilines is 1. The topological polar surface area (TPSA) is 78.5 Å². The van der Waals surface area contributed by atoms with Crippen molar-refractivity contribution in [2.45, 2.75) is 25.6 Å². The van der Waals surface area contributed by atoms with Gasteiger partial charge in [-0.2, -0.15) is 13.2 Å². The average molecular weight is 323 g/mol. The first-order chi connectivity index (χ1) is 9.67. The van der Waals surface area contributed by atoms with Crippen molar-refractivity contribution in [3.8, 4) is 0 Å². The molecule has 1 N–H and O–H groups in total. The Balaban J connectivity index is 2.04. The van der Waals surface area contributed by atoms with Gasteiger partial charge < -0.3 is 21.0 Å². The molecule has 0 atom stereocenters. The number of nitrogens with zero attached hydrogens (tertiary/aromatic N) is 1. The lowest BCUT2D eigenvalue weighted by molar-refractivity contribution is -0.192. The van der Waals surface area contributed by atoms with Gasteiger partial charge in [0.1, 0.15) is 5.41 Å². The van der Waals surface area contributed by atoms with E-state index in [1.165, 1.54) is 12.1 Å². The van der Waals surface area contributed by atoms with E-state index in [4.69, 9.17) is 11.6 Å². The molecule has 0 unspecified atom stereocenters. The Morgan fingerprint density at radius 3 is 2.48 bits per heavy atom. The van der Waals surface area contributed by atoms with Gasteiger partial charge in [0.15, 0.2) is 0 Å². The third-order valence-electron chi connectivity index (χ3n) is 3.39. The smallest absolute Gasteiger partial charge is 0.403 e. The maximum absolute atomic E-state index is 12.7. The number of hydrogen-bond acceptors (Lipinski definition) is 4. The monoisotopic (exact) mass is 322 g/mol. The fraction of sp³-hybridized carbons (Fsp3) is 0.417. The van der Waals surface area contributed by atoms with Crippen LogP contribution in [-0.2, 0) is 11.3 Å². The fourth-order valence-electron chi connectivity index (χ4n) is 1.92. The van der Waals surface area contributed by atoms with Gasteiger partial charge in [0.25, 0.3) is 0 Å². The van der Waals surface area contributed by atoms with E-state index in [2.05, 4.69) is 5.32 Å². The number of carbonyl (C=O) groups excluding carboxylic acids is 1. The molecule has 2 rings (SSSR count). The van der Waals surface area contributed by atoms with Gasteiger partial charge in [-0.3, -0.25) is 4.79 Å². The maximum Gasteiger partial charge on any atom is 0.403 e. The second kappa shape index (κ2) is 5.36. The van der Waals surface area contributed by atoms with Gasteiger partial charge in [0.2, 0.25) is 5.91 Å². The van der Waals surface area contributed by atoms with E-state index in [1.54, 1.807) is 0 Å². The molecule has 0 heterocycles. The van der Waals surface area contributed by atoms with Crippen LogP contribution in [0.3, 0.4) is 0 Å². The molecule has 5 nitrogen and oxygen atoms in total. The highest BCUT2D eigenvalue weighted by atomic mass is 35.5. The number of nitrogens with one attached hydrogen (secondary N) is 1. The number of benzene rings is 1. The molecule has 21 heavy (non-hydrogen) atoms. The summed E-state index contributed by atoms with van der Waals surface area (Å²) in [4.78, 5) is 11.6. The molecule has 1 aliphatic rings. The van der Waals surface area contributed by atoms with Gasteiger partial charge in [0, 0.05) is 12.2 Å². The molecule has 1 aromatic carbocycles. The van der Waals surface area contributed by atoms with Crippen LogP contribution in [0, 0.1) is 15.8 Å². The van der Waals surface area contributed by atoms with Crippen LogP contribution in [0.5, 0.6) is 0 Å². The number of carbonyl (C=O) groups is 1. The maximum atomic E-state index is 12.7. The Hall–Kier alpha value is -1.51. The molecule has 1 fully saturated rings. The quantitative estimate of drug-likeness (QED) is 0.864. The number of alkyl halides is 3. The van der Waals surface area contributed by atoms with Gasteiger partial charge in [-0.05, 0) is 30.5 Å². The fourth-order valence-corrected chi connectivity index (χ4v) is 2.11. The van der Waals surface area contributed by atoms with Crippen molar-refractivity contribution in [1.29, 1.82) is 0 Å². The Bertz CT molecular complexity index is 559. The van der Waals surface area contributed by atoms with Crippen LogP contribution >= 0.6 is 11.6 Å². The highest BCUT2D eigenvalue weighted by Gasteiger charge is 2.68. The summed E-state index contributed by atoms with van der Waals surface area (Å²) >= 11 is 5.62. The second-order valence-electron chi connectivity index (χ2n) is 4.81. The van der Waals surface area contributed by atoms with Gasteiger partial charge >= 0.3 is 6.18 Å². The molecule has 0 spiro atoms. The molecule has 116 valence electrons. The summed E-state index contributed by atoms with van der Waals surface area (Å²) in [6, 6.07) is 3.79. The number of hydrogen-bond donors (Lipinski definition) is 1. The number of amides is 1. The van der Waals surface area contributed by atoms with E-state index in [0.717, 1.165) is 6.07 Å². The first kappa shape index (κ1) is 15.9. The summed E-state index contributed by atoms with van der Waals surface area (Å²) in [7, 11) is 0. The lowest BCUT2D eigenvalue weighted by atomic mass is 10.1. The zero-order chi connectivity index (χ0) is 15.8. The number of halogens is 4. The number of rotatable bonds is 4. The van der Waals surface area contributed by atoms with Crippen LogP contribution in [-0.4, -0.2) is 12.1 Å². The van der Waals surface area contributed by atoms with Crippen LogP contribution in [0.15, 0.2) is 18.2 Å². The van der Waals surface area contributed by atoms with E-state index in [9.17, 15) is 28.4 Å². The molecule has 0 aromatic heterocycles. The predicted molar refractivity (Wildman–Crippen MR) is 70.2 cm³/mol. The van der Waals surface area contributed by atoms with Gasteiger partial charge in [-0.25, -0.2) is 0 Å². The van der Waals surface area contributed by atoms with Crippen molar-refractivity contribution >= 4 is 23.2 Å². The third kappa shape index (κ3) is 3.07. The molecule has 0 aliphatic heterocycles. The Morgan fingerprint density at radius 2 is 2.00 bits per heavy atom. The van der Waals surface area contributed by atoms with Crippen molar-refractivity contribution in [2.24, 2.45) is 5.41 Å². The second-order valence-corrected chi connectivity index (χ2v) is 5.21. The summed E-state index contributed by atoms with van der Waals surface area (Å²) in [6.45, 7) is -0.228. The van der Waals surface area contributed by atoms with Crippen LogP contribution in [0.4, 0.5) is 18.9 Å². The molecular formula is C12H10ClF3N2O3-2. The van der Waals surface area contributed by atoms with Gasteiger partial charge in [-0.15, -0.1) is 0 Å². The third-order valence-corrected chi connectivity index (χ3v) is 3.71. The van der Waals surface area contributed by atoms with Crippen LogP contribution in [0.1, 0.15) is 18.4 Å². The predicted octanol–water partition coefficient (Wildman–Crippen LogP) is 3.10. The molecule has 0 bridgehead atoms. The van der Waals surface area contributed by atoms with Gasteiger partial charge in [0.05, 0.1) is 5.02 Å².